The molecule has 1 aliphatic carbocycles. The summed E-state index contributed by atoms with van der Waals surface area (Å²) in [5.74, 6) is -2.72. The van der Waals surface area contributed by atoms with Gasteiger partial charge in [0.2, 0.25) is 0 Å². The van der Waals surface area contributed by atoms with Crippen LogP contribution in [0.25, 0.3) is 0 Å². The van der Waals surface area contributed by atoms with Gasteiger partial charge in [0.1, 0.15) is 5.92 Å². The van der Waals surface area contributed by atoms with E-state index in [-0.39, 0.29) is 12.6 Å². The van der Waals surface area contributed by atoms with Crippen LogP contribution >= 0.6 is 11.3 Å². The van der Waals surface area contributed by atoms with E-state index < -0.39 is 17.9 Å². The van der Waals surface area contributed by atoms with Crippen molar-refractivity contribution in [1.82, 2.24) is 4.90 Å². The second-order valence-electron chi connectivity index (χ2n) is 4.86. The topological polar surface area (TPSA) is 61.9 Å². The van der Waals surface area contributed by atoms with Crippen LogP contribution in [0, 0.1) is 5.92 Å². The van der Waals surface area contributed by atoms with Gasteiger partial charge >= 0.3 is 6.18 Å². The van der Waals surface area contributed by atoms with Crippen LogP contribution in [0.1, 0.15) is 17.7 Å². The zero-order valence-electron chi connectivity index (χ0n) is 10.7. The molecule has 0 spiro atoms. The molecule has 3 N–H and O–H groups in total. The lowest BCUT2D eigenvalue weighted by Gasteiger charge is -2.27. The standard InChI is InChI=1S/C12H16F3N3OS/c13-12(14,15)10(11(16)17-19)7-18(8-3-4-8)6-9-2-1-5-20-9/h1-2,5,8,10,19H,3-4,6-7H2,(H2,16,17). The van der Waals surface area contributed by atoms with Crippen molar-refractivity contribution in [3.8, 4) is 0 Å². The van der Waals surface area contributed by atoms with Gasteiger partial charge in [-0.2, -0.15) is 13.2 Å². The van der Waals surface area contributed by atoms with Crippen molar-refractivity contribution in [3.63, 3.8) is 0 Å². The summed E-state index contributed by atoms with van der Waals surface area (Å²) in [7, 11) is 0. The summed E-state index contributed by atoms with van der Waals surface area (Å²) in [6, 6.07) is 3.93. The molecule has 1 heterocycles. The molecule has 1 atom stereocenters. The number of alkyl halides is 3. The number of oxime groups is 1. The Bertz CT molecular complexity index is 457. The predicted octanol–water partition coefficient (Wildman–Crippen LogP) is 2.64. The average Bonchev–Trinajstić information content (AvgIpc) is 3.10. The minimum absolute atomic E-state index is 0.161. The molecule has 0 radical (unpaired) electrons. The molecule has 4 nitrogen and oxygen atoms in total. The Kier molecular flexibility index (Phi) is 4.54. The Balaban J connectivity index is 2.09. The van der Waals surface area contributed by atoms with E-state index in [1.54, 1.807) is 4.90 Å². The smallest absolute Gasteiger partial charge is 0.400 e. The summed E-state index contributed by atoms with van der Waals surface area (Å²) in [5, 5.41) is 13.0. The molecule has 2 rings (SSSR count). The van der Waals surface area contributed by atoms with Gasteiger partial charge in [0, 0.05) is 24.0 Å². The summed E-state index contributed by atoms with van der Waals surface area (Å²) in [5.41, 5.74) is 5.20. The first kappa shape index (κ1) is 15.1. The van der Waals surface area contributed by atoms with Crippen LogP contribution in [0.15, 0.2) is 22.7 Å². The van der Waals surface area contributed by atoms with Gasteiger partial charge in [-0.3, -0.25) is 4.90 Å². The molecule has 1 aliphatic rings. The maximum absolute atomic E-state index is 13.0. The quantitative estimate of drug-likeness (QED) is 0.367. The molecule has 1 saturated carbocycles. The highest BCUT2D eigenvalue weighted by Gasteiger charge is 2.45. The van der Waals surface area contributed by atoms with Crippen molar-refractivity contribution >= 4 is 17.2 Å². The highest BCUT2D eigenvalue weighted by molar-refractivity contribution is 7.09. The minimum Gasteiger partial charge on any atom is -0.409 e. The number of rotatable bonds is 6. The van der Waals surface area contributed by atoms with Gasteiger partial charge in [-0.1, -0.05) is 11.2 Å². The summed E-state index contributed by atoms with van der Waals surface area (Å²) < 4.78 is 39.0. The van der Waals surface area contributed by atoms with Crippen molar-refractivity contribution in [2.24, 2.45) is 16.8 Å². The second kappa shape index (κ2) is 6.01. The van der Waals surface area contributed by atoms with Crippen LogP contribution in [0.3, 0.4) is 0 Å². The Morgan fingerprint density at radius 2 is 2.25 bits per heavy atom. The Hall–Kier alpha value is -1.28. The van der Waals surface area contributed by atoms with E-state index in [2.05, 4.69) is 5.16 Å². The van der Waals surface area contributed by atoms with E-state index in [1.165, 1.54) is 11.3 Å². The molecule has 1 aromatic rings. The number of hydrogen-bond donors (Lipinski definition) is 2. The normalized spacial score (nSPS) is 18.5. The fraction of sp³-hybridized carbons (Fsp3) is 0.583. The fourth-order valence-electron chi connectivity index (χ4n) is 2.05. The maximum Gasteiger partial charge on any atom is 0.400 e. The van der Waals surface area contributed by atoms with Crippen LogP contribution in [0.5, 0.6) is 0 Å². The molecular formula is C12H16F3N3OS. The molecule has 1 unspecified atom stereocenters. The van der Waals surface area contributed by atoms with Gasteiger partial charge in [0.05, 0.1) is 0 Å². The third kappa shape index (κ3) is 3.86. The van der Waals surface area contributed by atoms with Crippen molar-refractivity contribution in [3.05, 3.63) is 22.4 Å². The molecule has 112 valence electrons. The largest absolute Gasteiger partial charge is 0.409 e. The Morgan fingerprint density at radius 3 is 2.70 bits per heavy atom. The molecule has 0 bridgehead atoms. The van der Waals surface area contributed by atoms with Crippen LogP contribution in [0.2, 0.25) is 0 Å². The Labute approximate surface area is 118 Å². The fourth-order valence-corrected chi connectivity index (χ4v) is 2.78. The molecule has 8 heteroatoms. The van der Waals surface area contributed by atoms with E-state index in [4.69, 9.17) is 10.9 Å². The molecule has 1 fully saturated rings. The van der Waals surface area contributed by atoms with Crippen molar-refractivity contribution < 1.29 is 18.4 Å². The highest BCUT2D eigenvalue weighted by Crippen LogP contribution is 2.34. The zero-order valence-corrected chi connectivity index (χ0v) is 11.5. The van der Waals surface area contributed by atoms with Gasteiger partial charge in [0.25, 0.3) is 0 Å². The molecule has 0 saturated heterocycles. The van der Waals surface area contributed by atoms with Crippen LogP contribution < -0.4 is 5.73 Å². The van der Waals surface area contributed by atoms with E-state index >= 15 is 0 Å². The monoisotopic (exact) mass is 307 g/mol. The van der Waals surface area contributed by atoms with Gasteiger partial charge < -0.3 is 10.9 Å². The first-order valence-electron chi connectivity index (χ1n) is 6.22. The minimum atomic E-state index is -4.51. The number of nitrogens with zero attached hydrogens (tertiary/aromatic N) is 2. The lowest BCUT2D eigenvalue weighted by molar-refractivity contribution is -0.160. The molecule has 0 aromatic carbocycles. The number of halogens is 3. The SMILES string of the molecule is N/C(=N/O)C(CN(Cc1cccs1)C1CC1)C(F)(F)F. The van der Waals surface area contributed by atoms with Gasteiger partial charge in [0.15, 0.2) is 5.84 Å². The summed E-state index contributed by atoms with van der Waals surface area (Å²) in [6.45, 7) is 0.190. The molecule has 1 aromatic heterocycles. The Morgan fingerprint density at radius 1 is 1.55 bits per heavy atom. The molecular weight excluding hydrogens is 291 g/mol. The van der Waals surface area contributed by atoms with E-state index in [0.29, 0.717) is 6.54 Å². The summed E-state index contributed by atoms with van der Waals surface area (Å²) in [4.78, 5) is 2.78. The van der Waals surface area contributed by atoms with Crippen LogP contribution in [-0.4, -0.2) is 34.7 Å². The summed E-state index contributed by atoms with van der Waals surface area (Å²) >= 11 is 1.51. The van der Waals surface area contributed by atoms with E-state index in [9.17, 15) is 13.2 Å². The maximum atomic E-state index is 13.0. The van der Waals surface area contributed by atoms with Crippen molar-refractivity contribution in [2.45, 2.75) is 31.6 Å². The van der Waals surface area contributed by atoms with Crippen molar-refractivity contribution in [2.75, 3.05) is 6.54 Å². The molecule has 20 heavy (non-hydrogen) atoms. The number of thiophene rings is 1. The van der Waals surface area contributed by atoms with Gasteiger partial charge in [-0.05, 0) is 24.3 Å². The predicted molar refractivity (Wildman–Crippen MR) is 70.7 cm³/mol. The lowest BCUT2D eigenvalue weighted by Crippen LogP contribution is -2.44. The summed E-state index contributed by atoms with van der Waals surface area (Å²) in [6.07, 6.45) is -2.73. The molecule has 0 amide bonds. The van der Waals surface area contributed by atoms with Gasteiger partial charge in [-0.25, -0.2) is 0 Å². The average molecular weight is 307 g/mol. The highest BCUT2D eigenvalue weighted by atomic mass is 32.1. The zero-order chi connectivity index (χ0) is 14.8. The van der Waals surface area contributed by atoms with Gasteiger partial charge in [-0.15, -0.1) is 11.3 Å². The van der Waals surface area contributed by atoms with Crippen LogP contribution in [0.4, 0.5) is 13.2 Å². The second-order valence-corrected chi connectivity index (χ2v) is 5.89. The number of hydrogen-bond acceptors (Lipinski definition) is 4. The van der Waals surface area contributed by atoms with Crippen molar-refractivity contribution in [1.29, 1.82) is 0 Å². The number of nitrogens with two attached hydrogens (primary N) is 1. The lowest BCUT2D eigenvalue weighted by atomic mass is 10.1. The third-order valence-corrected chi connectivity index (χ3v) is 4.15. The molecule has 0 aliphatic heterocycles. The first-order chi connectivity index (χ1) is 9.41. The van der Waals surface area contributed by atoms with Crippen LogP contribution in [-0.2, 0) is 6.54 Å². The first-order valence-corrected chi connectivity index (χ1v) is 7.10. The van der Waals surface area contributed by atoms with E-state index in [0.717, 1.165) is 17.7 Å². The van der Waals surface area contributed by atoms with E-state index in [1.807, 2.05) is 17.5 Å². The third-order valence-electron chi connectivity index (χ3n) is 3.29. The number of amidine groups is 1.